The fourth-order valence-corrected chi connectivity index (χ4v) is 3.52. The van der Waals surface area contributed by atoms with E-state index < -0.39 is 0 Å². The first kappa shape index (κ1) is 14.6. The van der Waals surface area contributed by atoms with Crippen molar-refractivity contribution in [2.45, 2.75) is 26.3 Å². The summed E-state index contributed by atoms with van der Waals surface area (Å²) >= 11 is 0. The lowest BCUT2D eigenvalue weighted by Crippen LogP contribution is -2.48. The topological polar surface area (TPSA) is 32.5 Å². The summed E-state index contributed by atoms with van der Waals surface area (Å²) in [5, 5.41) is 0. The minimum absolute atomic E-state index is 0.284. The lowest BCUT2D eigenvalue weighted by Gasteiger charge is -2.38. The summed E-state index contributed by atoms with van der Waals surface area (Å²) < 4.78 is 0. The van der Waals surface area contributed by atoms with Crippen molar-refractivity contribution in [3.05, 3.63) is 41.5 Å². The highest BCUT2D eigenvalue weighted by molar-refractivity contribution is 5.56. The fourth-order valence-electron chi connectivity index (χ4n) is 3.52. The van der Waals surface area contributed by atoms with Crippen molar-refractivity contribution in [1.82, 2.24) is 4.90 Å². The summed E-state index contributed by atoms with van der Waals surface area (Å²) in [4.78, 5) is 5.13. The normalized spacial score (nSPS) is 26.5. The molecule has 1 aliphatic heterocycles. The number of rotatable bonds is 3. The third kappa shape index (κ3) is 3.30. The van der Waals surface area contributed by atoms with Crippen LogP contribution >= 0.6 is 0 Å². The van der Waals surface area contributed by atoms with Gasteiger partial charge in [-0.15, -0.1) is 0 Å². The maximum Gasteiger partial charge on any atom is 0.0399 e. The minimum atomic E-state index is 0.284. The number of hydrogen-bond donors (Lipinski definition) is 1. The standard InChI is InChI=1S/C18H27N3/c1-14-4-3-5-18(15(14)2)21-10-8-20(9-11-21)13-16-6-7-17(19)12-16/h3-7,16-17H,8-13,19H2,1-2H3. The van der Waals surface area contributed by atoms with Crippen LogP contribution in [0.25, 0.3) is 0 Å². The molecule has 2 N–H and O–H groups in total. The predicted molar refractivity (Wildman–Crippen MR) is 89.8 cm³/mol. The predicted octanol–water partition coefficient (Wildman–Crippen LogP) is 2.33. The Morgan fingerprint density at radius 2 is 1.86 bits per heavy atom. The second kappa shape index (κ2) is 6.20. The molecule has 1 saturated heterocycles. The highest BCUT2D eigenvalue weighted by Gasteiger charge is 2.23. The molecular formula is C18H27N3. The molecular weight excluding hydrogens is 258 g/mol. The van der Waals surface area contributed by atoms with Crippen LogP contribution in [0.15, 0.2) is 30.4 Å². The molecule has 0 spiro atoms. The number of anilines is 1. The van der Waals surface area contributed by atoms with Crippen LogP contribution in [0.5, 0.6) is 0 Å². The highest BCUT2D eigenvalue weighted by Crippen LogP contribution is 2.24. The van der Waals surface area contributed by atoms with E-state index in [4.69, 9.17) is 5.73 Å². The van der Waals surface area contributed by atoms with Crippen LogP contribution in [0.3, 0.4) is 0 Å². The summed E-state index contributed by atoms with van der Waals surface area (Å²) in [7, 11) is 0. The Hall–Kier alpha value is -1.32. The second-order valence-corrected chi connectivity index (χ2v) is 6.55. The Kier molecular flexibility index (Phi) is 4.32. The Morgan fingerprint density at radius 1 is 1.10 bits per heavy atom. The van der Waals surface area contributed by atoms with Crippen LogP contribution < -0.4 is 10.6 Å². The zero-order valence-corrected chi connectivity index (χ0v) is 13.3. The van der Waals surface area contributed by atoms with Gasteiger partial charge in [0.1, 0.15) is 0 Å². The summed E-state index contributed by atoms with van der Waals surface area (Å²) in [6.45, 7) is 10.2. The van der Waals surface area contributed by atoms with E-state index in [0.29, 0.717) is 5.92 Å². The molecule has 3 rings (SSSR count). The molecule has 1 heterocycles. The Balaban J connectivity index is 1.55. The van der Waals surface area contributed by atoms with Crippen LogP contribution in [-0.4, -0.2) is 43.7 Å². The Bertz CT molecular complexity index is 515. The van der Waals surface area contributed by atoms with Gasteiger partial charge in [0, 0.05) is 44.5 Å². The summed E-state index contributed by atoms with van der Waals surface area (Å²) in [5.74, 6) is 0.659. The van der Waals surface area contributed by atoms with E-state index in [2.05, 4.69) is 54.0 Å². The van der Waals surface area contributed by atoms with Gasteiger partial charge in [-0.1, -0.05) is 24.3 Å². The first-order chi connectivity index (χ1) is 10.1. The average molecular weight is 285 g/mol. The quantitative estimate of drug-likeness (QED) is 0.865. The van der Waals surface area contributed by atoms with Gasteiger partial charge in [0.15, 0.2) is 0 Å². The molecule has 2 unspecified atom stereocenters. The zero-order chi connectivity index (χ0) is 14.8. The van der Waals surface area contributed by atoms with Crippen molar-refractivity contribution < 1.29 is 0 Å². The lowest BCUT2D eigenvalue weighted by molar-refractivity contribution is 0.232. The first-order valence-electron chi connectivity index (χ1n) is 8.11. The van der Waals surface area contributed by atoms with Gasteiger partial charge in [-0.3, -0.25) is 4.90 Å². The highest BCUT2D eigenvalue weighted by atomic mass is 15.3. The van der Waals surface area contributed by atoms with Crippen molar-refractivity contribution in [3.63, 3.8) is 0 Å². The number of nitrogens with two attached hydrogens (primary N) is 1. The average Bonchev–Trinajstić information content (AvgIpc) is 2.88. The monoisotopic (exact) mass is 285 g/mol. The largest absolute Gasteiger partial charge is 0.369 e. The maximum absolute atomic E-state index is 5.95. The van der Waals surface area contributed by atoms with Gasteiger partial charge in [-0.25, -0.2) is 0 Å². The van der Waals surface area contributed by atoms with Gasteiger partial charge in [0.25, 0.3) is 0 Å². The molecule has 1 fully saturated rings. The molecule has 1 aromatic rings. The smallest absolute Gasteiger partial charge is 0.0399 e. The number of nitrogens with zero attached hydrogens (tertiary/aromatic N) is 2. The molecule has 1 aromatic carbocycles. The molecule has 0 amide bonds. The molecule has 0 bridgehead atoms. The van der Waals surface area contributed by atoms with Crippen LogP contribution in [0.4, 0.5) is 5.69 Å². The number of aryl methyl sites for hydroxylation is 1. The molecule has 2 atom stereocenters. The van der Waals surface area contributed by atoms with E-state index in [1.807, 2.05) is 0 Å². The molecule has 3 nitrogen and oxygen atoms in total. The lowest BCUT2D eigenvalue weighted by atomic mass is 10.1. The third-order valence-corrected chi connectivity index (χ3v) is 4.99. The zero-order valence-electron chi connectivity index (χ0n) is 13.3. The molecule has 114 valence electrons. The van der Waals surface area contributed by atoms with Gasteiger partial charge < -0.3 is 10.6 Å². The van der Waals surface area contributed by atoms with E-state index in [0.717, 1.165) is 32.6 Å². The van der Waals surface area contributed by atoms with Crippen molar-refractivity contribution in [2.24, 2.45) is 11.7 Å². The van der Waals surface area contributed by atoms with Gasteiger partial charge in [-0.2, -0.15) is 0 Å². The van der Waals surface area contributed by atoms with Gasteiger partial charge in [0.2, 0.25) is 0 Å². The first-order valence-corrected chi connectivity index (χ1v) is 8.11. The Morgan fingerprint density at radius 3 is 2.52 bits per heavy atom. The SMILES string of the molecule is Cc1cccc(N2CCN(CC3C=CC(N)C3)CC2)c1C. The molecule has 21 heavy (non-hydrogen) atoms. The van der Waals surface area contributed by atoms with Crippen molar-refractivity contribution >= 4 is 5.69 Å². The minimum Gasteiger partial charge on any atom is -0.369 e. The van der Waals surface area contributed by atoms with E-state index in [1.54, 1.807) is 0 Å². The van der Waals surface area contributed by atoms with Gasteiger partial charge in [0.05, 0.1) is 0 Å². The summed E-state index contributed by atoms with van der Waals surface area (Å²) in [5.41, 5.74) is 10.2. The number of piperazine rings is 1. The molecule has 0 aromatic heterocycles. The van der Waals surface area contributed by atoms with E-state index in [-0.39, 0.29) is 6.04 Å². The maximum atomic E-state index is 5.95. The van der Waals surface area contributed by atoms with Crippen molar-refractivity contribution in [1.29, 1.82) is 0 Å². The summed E-state index contributed by atoms with van der Waals surface area (Å²) in [6, 6.07) is 6.92. The molecule has 3 heteroatoms. The second-order valence-electron chi connectivity index (χ2n) is 6.55. The third-order valence-electron chi connectivity index (χ3n) is 4.99. The Labute approximate surface area is 128 Å². The van der Waals surface area contributed by atoms with E-state index in [1.165, 1.54) is 23.4 Å². The molecule has 0 radical (unpaired) electrons. The fraction of sp³-hybridized carbons (Fsp3) is 0.556. The number of benzene rings is 1. The van der Waals surface area contributed by atoms with Crippen LogP contribution in [0.1, 0.15) is 17.5 Å². The molecule has 2 aliphatic rings. The van der Waals surface area contributed by atoms with E-state index in [9.17, 15) is 0 Å². The van der Waals surface area contributed by atoms with Crippen LogP contribution in [0, 0.1) is 19.8 Å². The van der Waals surface area contributed by atoms with Crippen LogP contribution in [0.2, 0.25) is 0 Å². The van der Waals surface area contributed by atoms with Crippen molar-refractivity contribution in [3.8, 4) is 0 Å². The van der Waals surface area contributed by atoms with Gasteiger partial charge in [-0.05, 0) is 43.4 Å². The summed E-state index contributed by atoms with van der Waals surface area (Å²) in [6.07, 6.45) is 5.59. The van der Waals surface area contributed by atoms with E-state index >= 15 is 0 Å². The molecule has 1 aliphatic carbocycles. The van der Waals surface area contributed by atoms with Crippen molar-refractivity contribution in [2.75, 3.05) is 37.6 Å². The van der Waals surface area contributed by atoms with Crippen LogP contribution in [-0.2, 0) is 0 Å². The number of hydrogen-bond acceptors (Lipinski definition) is 3. The van der Waals surface area contributed by atoms with Gasteiger partial charge >= 0.3 is 0 Å². The molecule has 0 saturated carbocycles.